The zero-order valence-corrected chi connectivity index (χ0v) is 15.1. The first kappa shape index (κ1) is 17.2. The number of nitrogens with zero attached hydrogens (tertiary/aromatic N) is 4. The van der Waals surface area contributed by atoms with Gasteiger partial charge in [-0.3, -0.25) is 4.79 Å². The molecule has 0 fully saturated rings. The smallest absolute Gasteiger partial charge is 0.280 e. The van der Waals surface area contributed by atoms with Gasteiger partial charge in [0, 0.05) is 5.71 Å². The highest BCUT2D eigenvalue weighted by molar-refractivity contribution is 6.30. The van der Waals surface area contributed by atoms with Gasteiger partial charge in [0.25, 0.3) is 5.91 Å². The fourth-order valence-corrected chi connectivity index (χ4v) is 3.30. The zero-order chi connectivity index (χ0) is 19.0. The third-order valence-electron chi connectivity index (χ3n) is 4.75. The SMILES string of the molecule is CC1=NN(c2ccccc2)C(=O)/C1=C\C1C(C)=NN(c2ccccc2)C1O. The molecule has 1 N–H and O–H groups in total. The van der Waals surface area contributed by atoms with Crippen molar-refractivity contribution in [3.8, 4) is 0 Å². The number of carbonyl (C=O) groups is 1. The Morgan fingerprint density at radius 3 is 2.15 bits per heavy atom. The van der Waals surface area contributed by atoms with Crippen LogP contribution in [0.15, 0.2) is 82.5 Å². The van der Waals surface area contributed by atoms with Gasteiger partial charge in [-0.05, 0) is 38.1 Å². The van der Waals surface area contributed by atoms with E-state index in [2.05, 4.69) is 10.2 Å². The van der Waals surface area contributed by atoms with Crippen LogP contribution in [0.25, 0.3) is 0 Å². The Labute approximate surface area is 157 Å². The van der Waals surface area contributed by atoms with Gasteiger partial charge < -0.3 is 5.11 Å². The van der Waals surface area contributed by atoms with Gasteiger partial charge >= 0.3 is 0 Å². The normalized spacial score (nSPS) is 23.8. The van der Waals surface area contributed by atoms with E-state index in [9.17, 15) is 9.90 Å². The Kier molecular flexibility index (Phi) is 4.33. The summed E-state index contributed by atoms with van der Waals surface area (Å²) in [5.41, 5.74) is 3.39. The summed E-state index contributed by atoms with van der Waals surface area (Å²) < 4.78 is 0. The molecule has 1 amide bonds. The maximum atomic E-state index is 12.9. The highest BCUT2D eigenvalue weighted by Gasteiger charge is 2.36. The molecule has 136 valence electrons. The minimum absolute atomic E-state index is 0.197. The lowest BCUT2D eigenvalue weighted by molar-refractivity contribution is -0.114. The number of aliphatic hydroxyl groups excluding tert-OH is 1. The summed E-state index contributed by atoms with van der Waals surface area (Å²) in [7, 11) is 0. The van der Waals surface area contributed by atoms with E-state index in [0.29, 0.717) is 17.0 Å². The molecule has 0 aromatic heterocycles. The lowest BCUT2D eigenvalue weighted by Crippen LogP contribution is -2.32. The summed E-state index contributed by atoms with van der Waals surface area (Å²) in [5.74, 6) is -0.582. The molecular formula is C21H20N4O2. The van der Waals surface area contributed by atoms with Gasteiger partial charge in [0.15, 0.2) is 6.23 Å². The number of hydrogen-bond acceptors (Lipinski definition) is 5. The van der Waals surface area contributed by atoms with Crippen molar-refractivity contribution in [2.45, 2.75) is 20.1 Å². The van der Waals surface area contributed by atoms with E-state index < -0.39 is 6.23 Å². The van der Waals surface area contributed by atoms with E-state index in [1.807, 2.05) is 67.6 Å². The second-order valence-corrected chi connectivity index (χ2v) is 6.58. The predicted molar refractivity (Wildman–Crippen MR) is 107 cm³/mol. The first-order valence-electron chi connectivity index (χ1n) is 8.80. The first-order valence-corrected chi connectivity index (χ1v) is 8.80. The van der Waals surface area contributed by atoms with Crippen LogP contribution in [-0.4, -0.2) is 28.7 Å². The van der Waals surface area contributed by atoms with E-state index in [4.69, 9.17) is 0 Å². The van der Waals surface area contributed by atoms with Crippen molar-refractivity contribution in [1.82, 2.24) is 0 Å². The summed E-state index contributed by atoms with van der Waals surface area (Å²) in [5, 5.41) is 22.6. The van der Waals surface area contributed by atoms with Crippen LogP contribution in [0.2, 0.25) is 0 Å². The van der Waals surface area contributed by atoms with Crippen LogP contribution in [0.3, 0.4) is 0 Å². The molecule has 2 aliphatic heterocycles. The summed E-state index contributed by atoms with van der Waals surface area (Å²) in [4.78, 5) is 12.9. The Hall–Kier alpha value is -3.25. The van der Waals surface area contributed by atoms with E-state index in [1.54, 1.807) is 18.0 Å². The monoisotopic (exact) mass is 360 g/mol. The maximum Gasteiger partial charge on any atom is 0.280 e. The predicted octanol–water partition coefficient (Wildman–Crippen LogP) is 3.17. The molecule has 0 aliphatic carbocycles. The van der Waals surface area contributed by atoms with Crippen molar-refractivity contribution < 1.29 is 9.90 Å². The molecule has 2 heterocycles. The number of anilines is 2. The van der Waals surface area contributed by atoms with Gasteiger partial charge in [-0.15, -0.1) is 0 Å². The van der Waals surface area contributed by atoms with E-state index in [0.717, 1.165) is 11.4 Å². The molecule has 4 rings (SSSR count). The standard InChI is InChI=1S/C21H20N4O2/c1-14-18(20(26)24(22-14)16-9-5-3-6-10-16)13-19-15(2)23-25(21(19)27)17-11-7-4-8-12-17/h3-13,18,20,26H,1-2H3/b19-13-. The van der Waals surface area contributed by atoms with Crippen LogP contribution >= 0.6 is 0 Å². The van der Waals surface area contributed by atoms with Crippen molar-refractivity contribution in [2.75, 3.05) is 10.0 Å². The lowest BCUT2D eigenvalue weighted by Gasteiger charge is -2.22. The molecule has 27 heavy (non-hydrogen) atoms. The molecular weight excluding hydrogens is 340 g/mol. The van der Waals surface area contributed by atoms with Gasteiger partial charge in [0.2, 0.25) is 0 Å². The number of carbonyl (C=O) groups excluding carboxylic acids is 1. The average molecular weight is 360 g/mol. The van der Waals surface area contributed by atoms with Crippen LogP contribution in [0.4, 0.5) is 11.4 Å². The van der Waals surface area contributed by atoms with E-state index in [-0.39, 0.29) is 11.8 Å². The lowest BCUT2D eigenvalue weighted by atomic mass is 9.98. The minimum atomic E-state index is -0.869. The number of aliphatic hydroxyl groups is 1. The highest BCUT2D eigenvalue weighted by atomic mass is 16.3. The van der Waals surface area contributed by atoms with Crippen molar-refractivity contribution in [3.05, 3.63) is 72.3 Å². The van der Waals surface area contributed by atoms with Crippen LogP contribution in [0.1, 0.15) is 13.8 Å². The quantitative estimate of drug-likeness (QED) is 0.855. The molecule has 2 aromatic carbocycles. The molecule has 2 unspecified atom stereocenters. The van der Waals surface area contributed by atoms with Crippen molar-refractivity contribution in [3.63, 3.8) is 0 Å². The molecule has 2 aromatic rings. The van der Waals surface area contributed by atoms with Crippen molar-refractivity contribution in [2.24, 2.45) is 16.1 Å². The van der Waals surface area contributed by atoms with Crippen LogP contribution in [-0.2, 0) is 4.79 Å². The Balaban J connectivity index is 1.62. The van der Waals surface area contributed by atoms with Crippen molar-refractivity contribution >= 4 is 28.7 Å². The van der Waals surface area contributed by atoms with E-state index >= 15 is 0 Å². The molecule has 0 bridgehead atoms. The van der Waals surface area contributed by atoms with E-state index in [1.165, 1.54) is 5.01 Å². The molecule has 6 heteroatoms. The third kappa shape index (κ3) is 3.04. The minimum Gasteiger partial charge on any atom is -0.371 e. The molecule has 2 aliphatic rings. The number of benzene rings is 2. The third-order valence-corrected chi connectivity index (χ3v) is 4.75. The van der Waals surface area contributed by atoms with Crippen LogP contribution in [0, 0.1) is 5.92 Å². The van der Waals surface area contributed by atoms with Crippen molar-refractivity contribution in [1.29, 1.82) is 0 Å². The summed E-state index contributed by atoms with van der Waals surface area (Å²) in [6.07, 6.45) is 0.905. The number of hydrogen-bond donors (Lipinski definition) is 1. The number of rotatable bonds is 3. The van der Waals surface area contributed by atoms with Gasteiger partial charge in [0.05, 0.1) is 28.6 Å². The summed E-state index contributed by atoms with van der Waals surface area (Å²) >= 11 is 0. The number of para-hydroxylation sites is 2. The molecule has 6 nitrogen and oxygen atoms in total. The number of hydrazone groups is 2. The second kappa shape index (κ2) is 6.81. The molecule has 0 saturated heterocycles. The highest BCUT2D eigenvalue weighted by Crippen LogP contribution is 2.30. The van der Waals surface area contributed by atoms with Gasteiger partial charge in [-0.25, -0.2) is 5.01 Å². The molecule has 0 saturated carbocycles. The number of amides is 1. The largest absolute Gasteiger partial charge is 0.371 e. The molecule has 2 atom stereocenters. The average Bonchev–Trinajstić information content (AvgIpc) is 3.14. The fraction of sp³-hybridized carbons (Fsp3) is 0.190. The molecule has 0 radical (unpaired) electrons. The maximum absolute atomic E-state index is 12.9. The van der Waals surface area contributed by atoms with Crippen LogP contribution in [0.5, 0.6) is 0 Å². The Bertz CT molecular complexity index is 951. The topological polar surface area (TPSA) is 68.5 Å². The summed E-state index contributed by atoms with van der Waals surface area (Å²) in [6.45, 7) is 3.66. The molecule has 0 spiro atoms. The van der Waals surface area contributed by atoms with Gasteiger partial charge in [-0.1, -0.05) is 42.5 Å². The zero-order valence-electron chi connectivity index (χ0n) is 15.1. The van der Waals surface area contributed by atoms with Crippen LogP contribution < -0.4 is 10.0 Å². The fourth-order valence-electron chi connectivity index (χ4n) is 3.30. The Morgan fingerprint density at radius 1 is 0.926 bits per heavy atom. The first-order chi connectivity index (χ1) is 13.1. The Morgan fingerprint density at radius 2 is 1.52 bits per heavy atom. The van der Waals surface area contributed by atoms with Gasteiger partial charge in [0.1, 0.15) is 0 Å². The summed E-state index contributed by atoms with van der Waals surface area (Å²) in [6, 6.07) is 18.8. The second-order valence-electron chi connectivity index (χ2n) is 6.58. The van der Waals surface area contributed by atoms with Gasteiger partial charge in [-0.2, -0.15) is 15.2 Å².